The molecule has 1 heterocycles. The summed E-state index contributed by atoms with van der Waals surface area (Å²) < 4.78 is 0. The molecule has 0 aliphatic rings. The molecule has 0 radical (unpaired) electrons. The molecule has 0 aliphatic heterocycles. The molecule has 1 aromatic heterocycles. The molecule has 0 aromatic carbocycles. The summed E-state index contributed by atoms with van der Waals surface area (Å²) >= 11 is 1.54. The average Bonchev–Trinajstić information content (AvgIpc) is 2.88. The Kier molecular flexibility index (Phi) is 6.47. The first kappa shape index (κ1) is 16.5. The second-order valence-electron chi connectivity index (χ2n) is 4.76. The molecule has 6 nitrogen and oxygen atoms in total. The fraction of sp³-hybridized carbons (Fsp3) is 0.538. The molecule has 0 fully saturated rings. The Morgan fingerprint density at radius 2 is 2.05 bits per heavy atom. The number of thiophene rings is 1. The Hall–Kier alpha value is -1.60. The van der Waals surface area contributed by atoms with Crippen LogP contribution in [0.2, 0.25) is 0 Å². The van der Waals surface area contributed by atoms with Gasteiger partial charge >= 0.3 is 12.0 Å². The number of aliphatic carboxylic acids is 1. The van der Waals surface area contributed by atoms with E-state index in [2.05, 4.69) is 10.6 Å². The van der Waals surface area contributed by atoms with Crippen molar-refractivity contribution in [3.63, 3.8) is 0 Å². The van der Waals surface area contributed by atoms with Gasteiger partial charge in [-0.25, -0.2) is 9.59 Å². The average molecular weight is 300 g/mol. The van der Waals surface area contributed by atoms with Gasteiger partial charge in [0.05, 0.1) is 6.04 Å². The van der Waals surface area contributed by atoms with Crippen LogP contribution in [0.3, 0.4) is 0 Å². The molecule has 1 aromatic rings. The van der Waals surface area contributed by atoms with Crippen molar-refractivity contribution in [3.8, 4) is 0 Å². The predicted octanol–water partition coefficient (Wildman–Crippen LogP) is 1.58. The van der Waals surface area contributed by atoms with Crippen molar-refractivity contribution in [2.45, 2.75) is 32.4 Å². The Morgan fingerprint density at radius 1 is 1.35 bits per heavy atom. The largest absolute Gasteiger partial charge is 0.480 e. The summed E-state index contributed by atoms with van der Waals surface area (Å²) in [4.78, 5) is 23.8. The van der Waals surface area contributed by atoms with Crippen molar-refractivity contribution in [3.05, 3.63) is 22.4 Å². The molecular formula is C13H20N2O4S. The number of amides is 2. The lowest BCUT2D eigenvalue weighted by molar-refractivity contribution is -0.139. The van der Waals surface area contributed by atoms with E-state index in [9.17, 15) is 9.59 Å². The third-order valence-electron chi connectivity index (χ3n) is 2.82. The Labute approximate surface area is 121 Å². The maximum Gasteiger partial charge on any atom is 0.326 e. The molecule has 4 N–H and O–H groups in total. The standard InChI is InChI=1S/C13H20N2O4S/c1-8(2)11(10-4-3-7-20-10)15-13(19)14-9(5-6-16)12(17)18/h3-4,7-9,11,16H,5-6H2,1-2H3,(H,17,18)(H2,14,15,19). The summed E-state index contributed by atoms with van der Waals surface area (Å²) in [5.41, 5.74) is 0. The fourth-order valence-electron chi connectivity index (χ4n) is 1.76. The van der Waals surface area contributed by atoms with Gasteiger partial charge < -0.3 is 20.8 Å². The smallest absolute Gasteiger partial charge is 0.326 e. The number of urea groups is 1. The summed E-state index contributed by atoms with van der Waals surface area (Å²) in [6.45, 7) is 3.66. The Morgan fingerprint density at radius 3 is 2.50 bits per heavy atom. The van der Waals surface area contributed by atoms with Crippen LogP contribution in [0.1, 0.15) is 31.2 Å². The van der Waals surface area contributed by atoms with Gasteiger partial charge in [0, 0.05) is 17.9 Å². The van der Waals surface area contributed by atoms with E-state index in [-0.39, 0.29) is 25.0 Å². The SMILES string of the molecule is CC(C)C(NC(=O)NC(CCO)C(=O)O)c1cccs1. The van der Waals surface area contributed by atoms with E-state index in [1.54, 1.807) is 0 Å². The number of nitrogens with one attached hydrogen (secondary N) is 2. The van der Waals surface area contributed by atoms with Crippen molar-refractivity contribution in [1.29, 1.82) is 0 Å². The van der Waals surface area contributed by atoms with Crippen LogP contribution in [0.5, 0.6) is 0 Å². The lowest BCUT2D eigenvalue weighted by Gasteiger charge is -2.23. The topological polar surface area (TPSA) is 98.7 Å². The second kappa shape index (κ2) is 7.86. The zero-order valence-corrected chi connectivity index (χ0v) is 12.3. The highest BCUT2D eigenvalue weighted by Gasteiger charge is 2.23. The number of rotatable bonds is 7. The van der Waals surface area contributed by atoms with Gasteiger partial charge in [-0.1, -0.05) is 19.9 Å². The number of carbonyl (C=O) groups excluding carboxylic acids is 1. The first-order chi connectivity index (χ1) is 9.45. The molecule has 0 saturated heterocycles. The van der Waals surface area contributed by atoms with E-state index in [0.717, 1.165) is 4.88 Å². The van der Waals surface area contributed by atoms with Crippen LogP contribution in [-0.2, 0) is 4.79 Å². The van der Waals surface area contributed by atoms with E-state index in [1.165, 1.54) is 11.3 Å². The third kappa shape index (κ3) is 4.82. The summed E-state index contributed by atoms with van der Waals surface area (Å²) in [5, 5.41) is 24.8. The van der Waals surface area contributed by atoms with Gasteiger partial charge in [-0.05, 0) is 17.4 Å². The van der Waals surface area contributed by atoms with Crippen LogP contribution < -0.4 is 10.6 Å². The highest BCUT2D eigenvalue weighted by atomic mass is 32.1. The van der Waals surface area contributed by atoms with Gasteiger partial charge in [-0.3, -0.25) is 0 Å². The number of aliphatic hydroxyl groups excluding tert-OH is 1. The zero-order valence-electron chi connectivity index (χ0n) is 11.5. The second-order valence-corrected chi connectivity index (χ2v) is 5.74. The van der Waals surface area contributed by atoms with Gasteiger partial charge in [0.25, 0.3) is 0 Å². The Bertz CT molecular complexity index is 434. The number of hydrogen-bond acceptors (Lipinski definition) is 4. The first-order valence-corrected chi connectivity index (χ1v) is 7.27. The maximum atomic E-state index is 11.9. The fourth-order valence-corrected chi connectivity index (χ4v) is 2.71. The number of carboxylic acid groups (broad SMARTS) is 1. The molecule has 112 valence electrons. The van der Waals surface area contributed by atoms with Crippen LogP contribution in [0.15, 0.2) is 17.5 Å². The molecule has 2 amide bonds. The van der Waals surface area contributed by atoms with Crippen molar-refractivity contribution in [2.24, 2.45) is 5.92 Å². The van der Waals surface area contributed by atoms with E-state index in [4.69, 9.17) is 10.2 Å². The van der Waals surface area contributed by atoms with Crippen molar-refractivity contribution < 1.29 is 19.8 Å². The summed E-state index contributed by atoms with van der Waals surface area (Å²) in [7, 11) is 0. The molecule has 2 unspecified atom stereocenters. The summed E-state index contributed by atoms with van der Waals surface area (Å²) in [6, 6.07) is 2.03. The van der Waals surface area contributed by atoms with E-state index in [1.807, 2.05) is 31.4 Å². The minimum Gasteiger partial charge on any atom is -0.480 e. The van der Waals surface area contributed by atoms with Crippen molar-refractivity contribution >= 4 is 23.3 Å². The lowest BCUT2D eigenvalue weighted by atomic mass is 10.0. The number of aliphatic hydroxyl groups is 1. The van der Waals surface area contributed by atoms with E-state index >= 15 is 0 Å². The van der Waals surface area contributed by atoms with Gasteiger partial charge in [0.15, 0.2) is 0 Å². The molecule has 2 atom stereocenters. The molecule has 0 aliphatic carbocycles. The maximum absolute atomic E-state index is 11.9. The van der Waals surface area contributed by atoms with Crippen LogP contribution in [-0.4, -0.2) is 34.9 Å². The first-order valence-electron chi connectivity index (χ1n) is 6.39. The highest BCUT2D eigenvalue weighted by Crippen LogP contribution is 2.25. The van der Waals surface area contributed by atoms with Gasteiger partial charge in [-0.15, -0.1) is 11.3 Å². The van der Waals surface area contributed by atoms with Gasteiger partial charge in [0.1, 0.15) is 6.04 Å². The lowest BCUT2D eigenvalue weighted by Crippen LogP contribution is -2.47. The third-order valence-corrected chi connectivity index (χ3v) is 3.78. The number of carboxylic acids is 1. The predicted molar refractivity (Wildman–Crippen MR) is 76.7 cm³/mol. The van der Waals surface area contributed by atoms with E-state index in [0.29, 0.717) is 0 Å². The summed E-state index contributed by atoms with van der Waals surface area (Å²) in [5.74, 6) is -0.980. The van der Waals surface area contributed by atoms with Crippen LogP contribution >= 0.6 is 11.3 Å². The van der Waals surface area contributed by atoms with Crippen LogP contribution in [0.25, 0.3) is 0 Å². The molecule has 0 saturated carbocycles. The zero-order chi connectivity index (χ0) is 15.1. The Balaban J connectivity index is 2.65. The molecule has 7 heteroatoms. The minimum absolute atomic E-state index is 0.0197. The molecular weight excluding hydrogens is 280 g/mol. The highest BCUT2D eigenvalue weighted by molar-refractivity contribution is 7.10. The van der Waals surface area contributed by atoms with Gasteiger partial charge in [-0.2, -0.15) is 0 Å². The van der Waals surface area contributed by atoms with E-state index < -0.39 is 18.0 Å². The summed E-state index contributed by atoms with van der Waals surface area (Å²) in [6.07, 6.45) is -0.0197. The van der Waals surface area contributed by atoms with Crippen LogP contribution in [0, 0.1) is 5.92 Å². The molecule has 1 rings (SSSR count). The quantitative estimate of drug-likeness (QED) is 0.614. The normalized spacial score (nSPS) is 13.8. The van der Waals surface area contributed by atoms with Gasteiger partial charge in [0.2, 0.25) is 0 Å². The number of hydrogen-bond donors (Lipinski definition) is 4. The van der Waals surface area contributed by atoms with Crippen molar-refractivity contribution in [1.82, 2.24) is 10.6 Å². The monoisotopic (exact) mass is 300 g/mol. The number of carbonyl (C=O) groups is 2. The van der Waals surface area contributed by atoms with Crippen molar-refractivity contribution in [2.75, 3.05) is 6.61 Å². The molecule has 0 spiro atoms. The molecule has 0 bridgehead atoms. The van der Waals surface area contributed by atoms with Crippen LogP contribution in [0.4, 0.5) is 4.79 Å². The molecule has 20 heavy (non-hydrogen) atoms. The minimum atomic E-state index is -1.16.